The largest absolute Gasteiger partial charge is 0.363 e. The topological polar surface area (TPSA) is 50.4 Å². The average molecular weight is 170 g/mol. The number of rotatable bonds is 4. The van der Waals surface area contributed by atoms with Crippen molar-refractivity contribution >= 4 is 5.78 Å². The number of carbonyl (C=O) groups excluding carboxylic acids is 1. The van der Waals surface area contributed by atoms with Crippen LogP contribution in [0.1, 0.15) is 13.8 Å². The standard InChI is InChI=1S/C8H14N2O2/c1-6(2)5-12-10-8-3-7(11)4-9-8/h3,6,9-10H,4-5H2,1-2H3. The van der Waals surface area contributed by atoms with Gasteiger partial charge in [0.15, 0.2) is 5.78 Å². The van der Waals surface area contributed by atoms with Gasteiger partial charge in [0.1, 0.15) is 5.82 Å². The quantitative estimate of drug-likeness (QED) is 0.591. The van der Waals surface area contributed by atoms with Crippen LogP contribution in [-0.2, 0) is 9.63 Å². The predicted molar refractivity (Wildman–Crippen MR) is 45.0 cm³/mol. The lowest BCUT2D eigenvalue weighted by Crippen LogP contribution is -2.25. The summed E-state index contributed by atoms with van der Waals surface area (Å²) in [5.41, 5.74) is 2.67. The molecule has 1 heterocycles. The Morgan fingerprint density at radius 1 is 1.75 bits per heavy atom. The molecule has 0 amide bonds. The summed E-state index contributed by atoms with van der Waals surface area (Å²) in [5, 5.41) is 2.86. The molecule has 0 radical (unpaired) electrons. The summed E-state index contributed by atoms with van der Waals surface area (Å²) in [6.07, 6.45) is 1.50. The molecule has 0 spiro atoms. The zero-order chi connectivity index (χ0) is 8.97. The van der Waals surface area contributed by atoms with Crippen LogP contribution in [0.25, 0.3) is 0 Å². The molecule has 0 unspecified atom stereocenters. The van der Waals surface area contributed by atoms with E-state index < -0.39 is 0 Å². The Morgan fingerprint density at radius 2 is 2.50 bits per heavy atom. The molecule has 1 rings (SSSR count). The van der Waals surface area contributed by atoms with Gasteiger partial charge in [-0.15, -0.1) is 0 Å². The van der Waals surface area contributed by atoms with Crippen molar-refractivity contribution in [3.8, 4) is 0 Å². The van der Waals surface area contributed by atoms with Gasteiger partial charge >= 0.3 is 0 Å². The fraction of sp³-hybridized carbons (Fsp3) is 0.625. The maximum Gasteiger partial charge on any atom is 0.178 e. The molecule has 2 N–H and O–H groups in total. The van der Waals surface area contributed by atoms with Gasteiger partial charge in [-0.25, -0.2) is 0 Å². The highest BCUT2D eigenvalue weighted by Crippen LogP contribution is 1.95. The smallest absolute Gasteiger partial charge is 0.178 e. The highest BCUT2D eigenvalue weighted by molar-refractivity contribution is 5.94. The van der Waals surface area contributed by atoms with E-state index >= 15 is 0 Å². The first kappa shape index (κ1) is 9.06. The molecule has 0 aromatic rings. The maximum atomic E-state index is 10.7. The van der Waals surface area contributed by atoms with Gasteiger partial charge in [-0.05, 0) is 5.92 Å². The van der Waals surface area contributed by atoms with E-state index in [0.29, 0.717) is 24.9 Å². The van der Waals surface area contributed by atoms with Crippen LogP contribution in [0.5, 0.6) is 0 Å². The molecule has 68 valence electrons. The summed E-state index contributed by atoms with van der Waals surface area (Å²) >= 11 is 0. The molecule has 0 aromatic carbocycles. The van der Waals surface area contributed by atoms with E-state index in [1.807, 2.05) is 0 Å². The minimum Gasteiger partial charge on any atom is -0.363 e. The normalized spacial score (nSPS) is 16.2. The van der Waals surface area contributed by atoms with E-state index in [4.69, 9.17) is 4.84 Å². The van der Waals surface area contributed by atoms with Crippen molar-refractivity contribution in [3.63, 3.8) is 0 Å². The van der Waals surface area contributed by atoms with Gasteiger partial charge in [-0.2, -0.15) is 0 Å². The second-order valence-electron chi connectivity index (χ2n) is 3.18. The minimum absolute atomic E-state index is 0.0747. The first-order valence-corrected chi connectivity index (χ1v) is 4.04. The molecule has 0 fully saturated rings. The highest BCUT2D eigenvalue weighted by atomic mass is 16.6. The monoisotopic (exact) mass is 170 g/mol. The summed E-state index contributed by atoms with van der Waals surface area (Å²) in [6, 6.07) is 0. The van der Waals surface area contributed by atoms with Crippen LogP contribution in [0.15, 0.2) is 11.9 Å². The van der Waals surface area contributed by atoms with Crippen molar-refractivity contribution in [2.75, 3.05) is 13.2 Å². The van der Waals surface area contributed by atoms with Crippen LogP contribution < -0.4 is 10.8 Å². The lowest BCUT2D eigenvalue weighted by Gasteiger charge is -2.09. The maximum absolute atomic E-state index is 10.7. The fourth-order valence-corrected chi connectivity index (χ4v) is 0.797. The van der Waals surface area contributed by atoms with Crippen molar-refractivity contribution in [1.29, 1.82) is 0 Å². The van der Waals surface area contributed by atoms with Crippen LogP contribution in [-0.4, -0.2) is 18.9 Å². The minimum atomic E-state index is 0.0747. The second kappa shape index (κ2) is 4.11. The van der Waals surface area contributed by atoms with Crippen LogP contribution in [0.4, 0.5) is 0 Å². The van der Waals surface area contributed by atoms with Crippen molar-refractivity contribution in [3.05, 3.63) is 11.9 Å². The van der Waals surface area contributed by atoms with E-state index in [1.54, 1.807) is 0 Å². The number of hydrogen-bond acceptors (Lipinski definition) is 4. The third kappa shape index (κ3) is 2.92. The van der Waals surface area contributed by atoms with Crippen LogP contribution in [0.2, 0.25) is 0 Å². The van der Waals surface area contributed by atoms with E-state index in [-0.39, 0.29) is 5.78 Å². The summed E-state index contributed by atoms with van der Waals surface area (Å²) in [4.78, 5) is 15.8. The Balaban J connectivity index is 2.16. The molecule has 0 aliphatic carbocycles. The molecule has 0 aromatic heterocycles. The zero-order valence-corrected chi connectivity index (χ0v) is 7.39. The van der Waals surface area contributed by atoms with E-state index in [9.17, 15) is 4.79 Å². The molecule has 0 bridgehead atoms. The van der Waals surface area contributed by atoms with Crippen LogP contribution in [0.3, 0.4) is 0 Å². The Morgan fingerprint density at radius 3 is 3.00 bits per heavy atom. The van der Waals surface area contributed by atoms with Gasteiger partial charge in [-0.3, -0.25) is 15.1 Å². The number of ketones is 1. The summed E-state index contributed by atoms with van der Waals surface area (Å²) < 4.78 is 0. The van der Waals surface area contributed by atoms with E-state index in [1.165, 1.54) is 6.08 Å². The molecule has 0 saturated heterocycles. The van der Waals surface area contributed by atoms with Gasteiger partial charge < -0.3 is 5.32 Å². The Labute approximate surface area is 71.9 Å². The first-order valence-electron chi connectivity index (χ1n) is 4.04. The van der Waals surface area contributed by atoms with Gasteiger partial charge in [-0.1, -0.05) is 13.8 Å². The van der Waals surface area contributed by atoms with Gasteiger partial charge in [0.2, 0.25) is 0 Å². The fourth-order valence-electron chi connectivity index (χ4n) is 0.797. The lowest BCUT2D eigenvalue weighted by atomic mass is 10.2. The number of carbonyl (C=O) groups is 1. The summed E-state index contributed by atoms with van der Waals surface area (Å²) in [7, 11) is 0. The van der Waals surface area contributed by atoms with Gasteiger partial charge in [0, 0.05) is 6.08 Å². The zero-order valence-electron chi connectivity index (χ0n) is 7.39. The predicted octanol–water partition coefficient (Wildman–Crippen LogP) is 0.177. The Kier molecular flexibility index (Phi) is 3.10. The Bertz CT molecular complexity index is 199. The lowest BCUT2D eigenvalue weighted by molar-refractivity contribution is -0.113. The molecule has 12 heavy (non-hydrogen) atoms. The third-order valence-corrected chi connectivity index (χ3v) is 1.36. The molecule has 0 saturated carbocycles. The molecule has 0 atom stereocenters. The number of hydrogen-bond donors (Lipinski definition) is 2. The first-order chi connectivity index (χ1) is 5.68. The summed E-state index contributed by atoms with van der Waals surface area (Å²) in [6.45, 7) is 5.12. The molecular weight excluding hydrogens is 156 g/mol. The SMILES string of the molecule is CC(C)CONC1=CC(=O)CN1. The Hall–Kier alpha value is -1.03. The second-order valence-corrected chi connectivity index (χ2v) is 3.18. The van der Waals surface area contributed by atoms with Crippen molar-refractivity contribution < 1.29 is 9.63 Å². The van der Waals surface area contributed by atoms with Crippen molar-refractivity contribution in [1.82, 2.24) is 10.8 Å². The van der Waals surface area contributed by atoms with Crippen LogP contribution >= 0.6 is 0 Å². The number of nitrogens with one attached hydrogen (secondary N) is 2. The molecule has 1 aliphatic rings. The molecule has 1 aliphatic heterocycles. The van der Waals surface area contributed by atoms with E-state index in [0.717, 1.165) is 0 Å². The van der Waals surface area contributed by atoms with Crippen molar-refractivity contribution in [2.45, 2.75) is 13.8 Å². The highest BCUT2D eigenvalue weighted by Gasteiger charge is 2.09. The van der Waals surface area contributed by atoms with Gasteiger partial charge in [0.05, 0.1) is 13.2 Å². The molecular formula is C8H14N2O2. The molecule has 4 nitrogen and oxygen atoms in total. The summed E-state index contributed by atoms with van der Waals surface area (Å²) in [5.74, 6) is 1.21. The van der Waals surface area contributed by atoms with Gasteiger partial charge in [0.25, 0.3) is 0 Å². The van der Waals surface area contributed by atoms with Crippen molar-refractivity contribution in [2.24, 2.45) is 5.92 Å². The molecule has 4 heteroatoms. The number of hydroxylamine groups is 1. The van der Waals surface area contributed by atoms with E-state index in [2.05, 4.69) is 24.6 Å². The third-order valence-electron chi connectivity index (χ3n) is 1.36. The average Bonchev–Trinajstić information content (AvgIpc) is 2.35. The van der Waals surface area contributed by atoms with Crippen LogP contribution in [0, 0.1) is 5.92 Å².